The van der Waals surface area contributed by atoms with Gasteiger partial charge < -0.3 is 15.2 Å². The zero-order chi connectivity index (χ0) is 14.4. The Balaban J connectivity index is 2.81. The molecule has 1 heterocycles. The Labute approximate surface area is 113 Å². The molecule has 0 amide bonds. The van der Waals surface area contributed by atoms with Gasteiger partial charge in [-0.1, -0.05) is 6.92 Å². The number of aryl methyl sites for hydroxylation is 1. The SMILES string of the molecule is CCC(CC(=O)O)Nc1nc(C)cc(OC(C)C)n1. The first-order valence-corrected chi connectivity index (χ1v) is 6.41. The molecule has 0 saturated carbocycles. The summed E-state index contributed by atoms with van der Waals surface area (Å²) in [5.41, 5.74) is 0.776. The van der Waals surface area contributed by atoms with Crippen LogP contribution in [0.2, 0.25) is 0 Å². The third-order valence-corrected chi connectivity index (χ3v) is 2.43. The van der Waals surface area contributed by atoms with Crippen LogP contribution < -0.4 is 10.1 Å². The minimum atomic E-state index is -0.842. The second-order valence-corrected chi connectivity index (χ2v) is 4.69. The van der Waals surface area contributed by atoms with Crippen molar-refractivity contribution in [2.75, 3.05) is 5.32 Å². The Morgan fingerprint density at radius 3 is 2.68 bits per heavy atom. The fraction of sp³-hybridized carbons (Fsp3) is 0.615. The topological polar surface area (TPSA) is 84.3 Å². The summed E-state index contributed by atoms with van der Waals surface area (Å²) < 4.78 is 5.52. The van der Waals surface area contributed by atoms with Crippen molar-refractivity contribution in [3.8, 4) is 5.88 Å². The van der Waals surface area contributed by atoms with Crippen LogP contribution in [0.3, 0.4) is 0 Å². The molecule has 0 aliphatic carbocycles. The number of hydrogen-bond donors (Lipinski definition) is 2. The van der Waals surface area contributed by atoms with E-state index in [-0.39, 0.29) is 18.6 Å². The lowest BCUT2D eigenvalue weighted by atomic mass is 10.1. The van der Waals surface area contributed by atoms with Crippen LogP contribution in [0, 0.1) is 6.92 Å². The normalized spacial score (nSPS) is 12.3. The minimum Gasteiger partial charge on any atom is -0.481 e. The Bertz CT molecular complexity index is 435. The Hall–Kier alpha value is -1.85. The van der Waals surface area contributed by atoms with Crippen molar-refractivity contribution in [1.82, 2.24) is 9.97 Å². The summed E-state index contributed by atoms with van der Waals surface area (Å²) in [6, 6.07) is 1.56. The van der Waals surface area contributed by atoms with Gasteiger partial charge in [0.2, 0.25) is 11.8 Å². The number of carboxylic acid groups (broad SMARTS) is 1. The van der Waals surface area contributed by atoms with Crippen LogP contribution in [0.15, 0.2) is 6.07 Å². The summed E-state index contributed by atoms with van der Waals surface area (Å²) in [6.45, 7) is 7.60. The van der Waals surface area contributed by atoms with Gasteiger partial charge in [-0.15, -0.1) is 0 Å². The van der Waals surface area contributed by atoms with E-state index in [9.17, 15) is 4.79 Å². The molecule has 0 aliphatic rings. The maximum absolute atomic E-state index is 10.7. The molecule has 1 rings (SSSR count). The summed E-state index contributed by atoms with van der Waals surface area (Å²) in [5, 5.41) is 11.8. The molecule has 0 radical (unpaired) electrons. The van der Waals surface area contributed by atoms with Gasteiger partial charge in [0.05, 0.1) is 12.5 Å². The van der Waals surface area contributed by atoms with Crippen LogP contribution in [-0.4, -0.2) is 33.2 Å². The van der Waals surface area contributed by atoms with Gasteiger partial charge in [0.25, 0.3) is 0 Å². The zero-order valence-corrected chi connectivity index (χ0v) is 11.8. The van der Waals surface area contributed by atoms with Crippen molar-refractivity contribution in [2.45, 2.75) is 52.7 Å². The van der Waals surface area contributed by atoms with Crippen molar-refractivity contribution in [2.24, 2.45) is 0 Å². The summed E-state index contributed by atoms with van der Waals surface area (Å²) in [5.74, 6) is 0.0598. The van der Waals surface area contributed by atoms with E-state index in [1.165, 1.54) is 0 Å². The number of nitrogens with zero attached hydrogens (tertiary/aromatic N) is 2. The molecule has 0 bridgehead atoms. The fourth-order valence-corrected chi connectivity index (χ4v) is 1.60. The van der Waals surface area contributed by atoms with Gasteiger partial charge in [-0.2, -0.15) is 4.98 Å². The van der Waals surface area contributed by atoms with E-state index >= 15 is 0 Å². The van der Waals surface area contributed by atoms with Crippen LogP contribution in [0.25, 0.3) is 0 Å². The van der Waals surface area contributed by atoms with E-state index in [4.69, 9.17) is 9.84 Å². The first-order chi connectivity index (χ1) is 8.90. The van der Waals surface area contributed by atoms with E-state index in [1.54, 1.807) is 6.07 Å². The largest absolute Gasteiger partial charge is 0.481 e. The molecule has 1 atom stereocenters. The van der Waals surface area contributed by atoms with Crippen molar-refractivity contribution >= 4 is 11.9 Å². The number of carboxylic acids is 1. The maximum atomic E-state index is 10.7. The zero-order valence-electron chi connectivity index (χ0n) is 11.8. The number of nitrogens with one attached hydrogen (secondary N) is 1. The van der Waals surface area contributed by atoms with Gasteiger partial charge in [-0.05, 0) is 27.2 Å². The second kappa shape index (κ2) is 6.92. The summed E-state index contributed by atoms with van der Waals surface area (Å²) in [4.78, 5) is 19.2. The number of hydrogen-bond acceptors (Lipinski definition) is 5. The standard InChI is InChI=1S/C13H21N3O3/c1-5-10(7-12(17)18)15-13-14-9(4)6-11(16-13)19-8(2)3/h6,8,10H,5,7H2,1-4H3,(H,17,18)(H,14,15,16). The summed E-state index contributed by atoms with van der Waals surface area (Å²) >= 11 is 0. The van der Waals surface area contributed by atoms with Crippen molar-refractivity contribution in [1.29, 1.82) is 0 Å². The fourth-order valence-electron chi connectivity index (χ4n) is 1.60. The molecule has 0 aliphatic heterocycles. The number of ether oxygens (including phenoxy) is 1. The third-order valence-electron chi connectivity index (χ3n) is 2.43. The van der Waals surface area contributed by atoms with Crippen LogP contribution >= 0.6 is 0 Å². The quantitative estimate of drug-likeness (QED) is 0.788. The molecule has 0 saturated heterocycles. The number of carbonyl (C=O) groups is 1. The molecule has 6 nitrogen and oxygen atoms in total. The Kier molecular flexibility index (Phi) is 5.54. The van der Waals surface area contributed by atoms with Crippen molar-refractivity contribution < 1.29 is 14.6 Å². The van der Waals surface area contributed by atoms with E-state index in [0.717, 1.165) is 5.69 Å². The number of aliphatic carboxylic acids is 1. The molecule has 0 fully saturated rings. The number of anilines is 1. The molecule has 0 aromatic carbocycles. The monoisotopic (exact) mass is 267 g/mol. The molecular weight excluding hydrogens is 246 g/mol. The molecule has 0 spiro atoms. The third kappa shape index (κ3) is 5.54. The summed E-state index contributed by atoms with van der Waals surface area (Å²) in [7, 11) is 0. The highest BCUT2D eigenvalue weighted by atomic mass is 16.5. The van der Waals surface area contributed by atoms with Crippen molar-refractivity contribution in [3.05, 3.63) is 11.8 Å². The average molecular weight is 267 g/mol. The number of rotatable bonds is 7. The van der Waals surface area contributed by atoms with Gasteiger partial charge in [0, 0.05) is 17.8 Å². The van der Waals surface area contributed by atoms with Gasteiger partial charge >= 0.3 is 5.97 Å². The Morgan fingerprint density at radius 1 is 1.47 bits per heavy atom. The lowest BCUT2D eigenvalue weighted by molar-refractivity contribution is -0.137. The first kappa shape index (κ1) is 15.2. The van der Waals surface area contributed by atoms with Gasteiger partial charge in [0.15, 0.2) is 0 Å². The lowest BCUT2D eigenvalue weighted by Gasteiger charge is -2.16. The summed E-state index contributed by atoms with van der Waals surface area (Å²) in [6.07, 6.45) is 0.751. The van der Waals surface area contributed by atoms with E-state index < -0.39 is 5.97 Å². The maximum Gasteiger partial charge on any atom is 0.305 e. The smallest absolute Gasteiger partial charge is 0.305 e. The van der Waals surface area contributed by atoms with Crippen molar-refractivity contribution in [3.63, 3.8) is 0 Å². The van der Waals surface area contributed by atoms with Gasteiger partial charge in [-0.25, -0.2) is 4.98 Å². The predicted octanol–water partition coefficient (Wildman–Crippen LogP) is 2.24. The highest BCUT2D eigenvalue weighted by Crippen LogP contribution is 2.15. The molecule has 1 aromatic rings. The second-order valence-electron chi connectivity index (χ2n) is 4.69. The Morgan fingerprint density at radius 2 is 2.16 bits per heavy atom. The highest BCUT2D eigenvalue weighted by molar-refractivity contribution is 5.68. The number of aromatic nitrogens is 2. The van der Waals surface area contributed by atoms with E-state index in [2.05, 4.69) is 15.3 Å². The molecule has 1 aromatic heterocycles. The van der Waals surface area contributed by atoms with Gasteiger partial charge in [-0.3, -0.25) is 4.79 Å². The van der Waals surface area contributed by atoms with Crippen LogP contribution in [0.1, 0.15) is 39.3 Å². The van der Waals surface area contributed by atoms with Crippen LogP contribution in [0.5, 0.6) is 5.88 Å². The van der Waals surface area contributed by atoms with Crippen LogP contribution in [-0.2, 0) is 4.79 Å². The first-order valence-electron chi connectivity index (χ1n) is 6.41. The average Bonchev–Trinajstić information content (AvgIpc) is 2.25. The van der Waals surface area contributed by atoms with E-state index in [1.807, 2.05) is 27.7 Å². The van der Waals surface area contributed by atoms with Crippen LogP contribution in [0.4, 0.5) is 5.95 Å². The highest BCUT2D eigenvalue weighted by Gasteiger charge is 2.13. The molecule has 6 heteroatoms. The molecule has 1 unspecified atom stereocenters. The predicted molar refractivity (Wildman–Crippen MR) is 72.5 cm³/mol. The van der Waals surface area contributed by atoms with E-state index in [0.29, 0.717) is 18.2 Å². The molecular formula is C13H21N3O3. The molecule has 106 valence electrons. The molecule has 2 N–H and O–H groups in total. The minimum absolute atomic E-state index is 0.0307. The lowest BCUT2D eigenvalue weighted by Crippen LogP contribution is -2.23. The van der Waals surface area contributed by atoms with Gasteiger partial charge in [0.1, 0.15) is 0 Å². The molecule has 19 heavy (non-hydrogen) atoms.